The Labute approximate surface area is 194 Å². The van der Waals surface area contributed by atoms with Gasteiger partial charge in [0, 0.05) is 11.3 Å². The summed E-state index contributed by atoms with van der Waals surface area (Å²) in [6, 6.07) is 19.9. The first-order valence-corrected chi connectivity index (χ1v) is 11.0. The molecule has 0 aliphatic rings. The minimum absolute atomic E-state index is 0.245. The van der Waals surface area contributed by atoms with Crippen LogP contribution in [-0.2, 0) is 5.75 Å². The lowest BCUT2D eigenvalue weighted by molar-refractivity contribution is 0.0844. The van der Waals surface area contributed by atoms with Gasteiger partial charge < -0.3 is 14.5 Å². The van der Waals surface area contributed by atoms with Crippen molar-refractivity contribution in [3.8, 4) is 11.5 Å². The standard InChI is InChI=1S/C24H22N4O4S/c1-31-17-11-12-21(32-2)18(13-17)23(30)28-27-22(29)16-9-7-15(8-10-16)14-33-24-25-19-5-3-4-6-20(19)26-24/h3-13H,14H2,1-2H3,(H,25,26)(H,27,29)(H,28,30). The molecule has 168 valence electrons. The molecule has 9 heteroatoms. The molecule has 0 unspecified atom stereocenters. The molecule has 0 saturated heterocycles. The predicted octanol–water partition coefficient (Wildman–Crippen LogP) is 3.95. The van der Waals surface area contributed by atoms with Gasteiger partial charge in [-0.1, -0.05) is 36.0 Å². The first-order chi connectivity index (χ1) is 16.1. The largest absolute Gasteiger partial charge is 0.497 e. The van der Waals surface area contributed by atoms with Crippen LogP contribution in [0.25, 0.3) is 11.0 Å². The van der Waals surface area contributed by atoms with Crippen molar-refractivity contribution in [3.05, 3.63) is 83.4 Å². The van der Waals surface area contributed by atoms with E-state index in [1.807, 2.05) is 36.4 Å². The van der Waals surface area contributed by atoms with Gasteiger partial charge in [-0.25, -0.2) is 4.98 Å². The third-order valence-electron chi connectivity index (χ3n) is 4.90. The summed E-state index contributed by atoms with van der Waals surface area (Å²) in [5.41, 5.74) is 8.47. The summed E-state index contributed by atoms with van der Waals surface area (Å²) in [6.07, 6.45) is 0. The summed E-state index contributed by atoms with van der Waals surface area (Å²) in [5.74, 6) is 0.630. The van der Waals surface area contributed by atoms with Crippen molar-refractivity contribution in [2.45, 2.75) is 10.9 Å². The van der Waals surface area contributed by atoms with Gasteiger partial charge in [-0.15, -0.1) is 0 Å². The summed E-state index contributed by atoms with van der Waals surface area (Å²) in [6.45, 7) is 0. The van der Waals surface area contributed by atoms with E-state index in [0.29, 0.717) is 22.8 Å². The van der Waals surface area contributed by atoms with E-state index < -0.39 is 11.8 Å². The molecule has 3 N–H and O–H groups in total. The fourth-order valence-electron chi connectivity index (χ4n) is 3.15. The zero-order valence-electron chi connectivity index (χ0n) is 18.0. The fourth-order valence-corrected chi connectivity index (χ4v) is 3.99. The Morgan fingerprint density at radius 2 is 1.70 bits per heavy atom. The number of benzene rings is 3. The van der Waals surface area contributed by atoms with E-state index in [1.165, 1.54) is 20.3 Å². The molecule has 8 nitrogen and oxygen atoms in total. The number of aromatic amines is 1. The van der Waals surface area contributed by atoms with Crippen molar-refractivity contribution in [1.82, 2.24) is 20.8 Å². The van der Waals surface area contributed by atoms with E-state index >= 15 is 0 Å². The van der Waals surface area contributed by atoms with Gasteiger partial charge in [-0.05, 0) is 48.0 Å². The fraction of sp³-hybridized carbons (Fsp3) is 0.125. The number of thioether (sulfide) groups is 1. The third kappa shape index (κ3) is 5.27. The molecule has 1 heterocycles. The molecule has 0 bridgehead atoms. The molecule has 0 spiro atoms. The van der Waals surface area contributed by atoms with Crippen molar-refractivity contribution in [3.63, 3.8) is 0 Å². The zero-order chi connectivity index (χ0) is 23.2. The van der Waals surface area contributed by atoms with Crippen LogP contribution in [0.15, 0.2) is 71.9 Å². The summed E-state index contributed by atoms with van der Waals surface area (Å²) in [5, 5.41) is 0.841. The lowest BCUT2D eigenvalue weighted by atomic mass is 10.1. The Morgan fingerprint density at radius 1 is 0.939 bits per heavy atom. The monoisotopic (exact) mass is 462 g/mol. The van der Waals surface area contributed by atoms with Gasteiger partial charge in [0.15, 0.2) is 5.16 Å². The molecule has 0 aliphatic heterocycles. The summed E-state index contributed by atoms with van der Waals surface area (Å²) < 4.78 is 10.3. The number of methoxy groups -OCH3 is 2. The number of hydrogen-bond donors (Lipinski definition) is 3. The van der Waals surface area contributed by atoms with Crippen molar-refractivity contribution in [2.24, 2.45) is 0 Å². The van der Waals surface area contributed by atoms with Crippen LogP contribution in [-0.4, -0.2) is 36.0 Å². The maximum absolute atomic E-state index is 12.5. The average molecular weight is 463 g/mol. The van der Waals surface area contributed by atoms with E-state index in [9.17, 15) is 9.59 Å². The number of carbonyl (C=O) groups excluding carboxylic acids is 2. The number of aromatic nitrogens is 2. The normalized spacial score (nSPS) is 10.6. The number of para-hydroxylation sites is 2. The number of imidazole rings is 1. The lowest BCUT2D eigenvalue weighted by Gasteiger charge is -2.12. The molecule has 4 aromatic rings. The first-order valence-electron chi connectivity index (χ1n) is 10.1. The van der Waals surface area contributed by atoms with Gasteiger partial charge in [0.05, 0.1) is 30.8 Å². The number of carbonyl (C=O) groups is 2. The van der Waals surface area contributed by atoms with Crippen LogP contribution in [0.5, 0.6) is 11.5 Å². The number of fused-ring (bicyclic) bond motifs is 1. The highest BCUT2D eigenvalue weighted by Crippen LogP contribution is 2.24. The Morgan fingerprint density at radius 3 is 2.42 bits per heavy atom. The number of hydrogen-bond acceptors (Lipinski definition) is 6. The second-order valence-electron chi connectivity index (χ2n) is 7.02. The van der Waals surface area contributed by atoms with Gasteiger partial charge in [-0.2, -0.15) is 0 Å². The number of amides is 2. The van der Waals surface area contributed by atoms with Crippen LogP contribution in [0.2, 0.25) is 0 Å². The highest BCUT2D eigenvalue weighted by Gasteiger charge is 2.15. The van der Waals surface area contributed by atoms with E-state index in [1.54, 1.807) is 36.0 Å². The van der Waals surface area contributed by atoms with E-state index in [0.717, 1.165) is 21.8 Å². The maximum Gasteiger partial charge on any atom is 0.273 e. The number of rotatable bonds is 7. The molecule has 3 aromatic carbocycles. The topological polar surface area (TPSA) is 105 Å². The molecule has 2 amide bonds. The highest BCUT2D eigenvalue weighted by atomic mass is 32.2. The van der Waals surface area contributed by atoms with Gasteiger partial charge in [0.1, 0.15) is 11.5 Å². The van der Waals surface area contributed by atoms with Crippen molar-refractivity contribution < 1.29 is 19.1 Å². The smallest absolute Gasteiger partial charge is 0.273 e. The van der Waals surface area contributed by atoms with Gasteiger partial charge in [0.25, 0.3) is 11.8 Å². The van der Waals surface area contributed by atoms with Gasteiger partial charge in [0.2, 0.25) is 0 Å². The zero-order valence-corrected chi connectivity index (χ0v) is 18.9. The summed E-state index contributed by atoms with van der Waals surface area (Å²) in [4.78, 5) is 32.8. The van der Waals surface area contributed by atoms with Crippen LogP contribution in [0.1, 0.15) is 26.3 Å². The molecule has 33 heavy (non-hydrogen) atoms. The van der Waals surface area contributed by atoms with Crippen LogP contribution < -0.4 is 20.3 Å². The van der Waals surface area contributed by atoms with Crippen LogP contribution >= 0.6 is 11.8 Å². The third-order valence-corrected chi connectivity index (χ3v) is 5.84. The predicted molar refractivity (Wildman–Crippen MR) is 127 cm³/mol. The SMILES string of the molecule is COc1ccc(OC)c(C(=O)NNC(=O)c2ccc(CSc3nc4ccccc4[nH]3)cc2)c1. The van der Waals surface area contributed by atoms with Crippen molar-refractivity contribution in [2.75, 3.05) is 14.2 Å². The molecule has 0 atom stereocenters. The molecular weight excluding hydrogens is 440 g/mol. The molecule has 0 radical (unpaired) electrons. The first kappa shape index (κ1) is 22.2. The molecule has 0 saturated carbocycles. The molecular formula is C24H22N4O4S. The van der Waals surface area contributed by atoms with Gasteiger partial charge in [-0.3, -0.25) is 20.4 Å². The summed E-state index contributed by atoms with van der Waals surface area (Å²) >= 11 is 1.59. The second-order valence-corrected chi connectivity index (χ2v) is 7.98. The Kier molecular flexibility index (Phi) is 6.80. The molecule has 0 fully saturated rings. The van der Waals surface area contributed by atoms with Crippen molar-refractivity contribution in [1.29, 1.82) is 0 Å². The van der Waals surface area contributed by atoms with E-state index in [2.05, 4.69) is 20.8 Å². The molecule has 4 rings (SSSR count). The van der Waals surface area contributed by atoms with Crippen LogP contribution in [0, 0.1) is 0 Å². The number of hydrazine groups is 1. The summed E-state index contributed by atoms with van der Waals surface area (Å²) in [7, 11) is 2.97. The quantitative estimate of drug-likeness (QED) is 0.284. The van der Waals surface area contributed by atoms with Gasteiger partial charge >= 0.3 is 0 Å². The van der Waals surface area contributed by atoms with Crippen LogP contribution in [0.3, 0.4) is 0 Å². The van der Waals surface area contributed by atoms with Crippen molar-refractivity contribution >= 4 is 34.6 Å². The second kappa shape index (κ2) is 10.1. The molecule has 1 aromatic heterocycles. The maximum atomic E-state index is 12.5. The van der Waals surface area contributed by atoms with Crippen LogP contribution in [0.4, 0.5) is 0 Å². The number of nitrogens with one attached hydrogen (secondary N) is 3. The Balaban J connectivity index is 1.33. The molecule has 0 aliphatic carbocycles. The minimum atomic E-state index is -0.516. The Hall–Kier alpha value is -3.98. The number of H-pyrrole nitrogens is 1. The number of nitrogens with zero attached hydrogens (tertiary/aromatic N) is 1. The van der Waals surface area contributed by atoms with E-state index in [4.69, 9.17) is 9.47 Å². The highest BCUT2D eigenvalue weighted by molar-refractivity contribution is 7.98. The minimum Gasteiger partial charge on any atom is -0.497 e. The Bertz CT molecular complexity index is 1250. The average Bonchev–Trinajstić information content (AvgIpc) is 3.28. The number of ether oxygens (including phenoxy) is 2. The lowest BCUT2D eigenvalue weighted by Crippen LogP contribution is -2.41. The van der Waals surface area contributed by atoms with E-state index in [-0.39, 0.29) is 5.56 Å².